The Morgan fingerprint density at radius 1 is 1.42 bits per heavy atom. The van der Waals surface area contributed by atoms with Gasteiger partial charge in [-0.25, -0.2) is 0 Å². The molecule has 2 aromatic rings. The summed E-state index contributed by atoms with van der Waals surface area (Å²) in [6, 6.07) is 10.2. The molecule has 1 atom stereocenters. The second kappa shape index (κ2) is 5.80. The number of aryl methyl sites for hydroxylation is 1. The standard InChI is InChI=1S/C14H13ClO4/c1-9-5-6-13(19-9)12(14(16)17)8-18-11-4-2-3-10(15)7-11/h2-7,12H,8H2,1H3,(H,16,17). The summed E-state index contributed by atoms with van der Waals surface area (Å²) in [6.07, 6.45) is 0. The molecule has 0 bridgehead atoms. The van der Waals surface area contributed by atoms with Gasteiger partial charge in [-0.3, -0.25) is 4.79 Å². The average molecular weight is 281 g/mol. The normalized spacial score (nSPS) is 12.1. The van der Waals surface area contributed by atoms with Gasteiger partial charge in [0.15, 0.2) is 0 Å². The monoisotopic (exact) mass is 280 g/mol. The molecule has 0 saturated carbocycles. The highest BCUT2D eigenvalue weighted by atomic mass is 35.5. The van der Waals surface area contributed by atoms with Gasteiger partial charge in [0.1, 0.15) is 29.8 Å². The van der Waals surface area contributed by atoms with E-state index in [-0.39, 0.29) is 6.61 Å². The van der Waals surface area contributed by atoms with Crippen molar-refractivity contribution in [2.45, 2.75) is 12.8 Å². The van der Waals surface area contributed by atoms with Crippen molar-refractivity contribution in [3.63, 3.8) is 0 Å². The van der Waals surface area contributed by atoms with Gasteiger partial charge in [-0.05, 0) is 37.3 Å². The Morgan fingerprint density at radius 2 is 2.21 bits per heavy atom. The molecule has 0 aliphatic heterocycles. The minimum Gasteiger partial charge on any atom is -0.492 e. The number of aliphatic carboxylic acids is 1. The molecule has 5 heteroatoms. The van der Waals surface area contributed by atoms with Crippen molar-refractivity contribution in [1.29, 1.82) is 0 Å². The molecule has 0 aliphatic rings. The second-order valence-corrected chi connectivity index (χ2v) is 4.54. The van der Waals surface area contributed by atoms with Gasteiger partial charge in [-0.1, -0.05) is 17.7 Å². The van der Waals surface area contributed by atoms with Gasteiger partial charge < -0.3 is 14.3 Å². The van der Waals surface area contributed by atoms with E-state index in [1.807, 2.05) is 0 Å². The van der Waals surface area contributed by atoms with Gasteiger partial charge in [0.25, 0.3) is 0 Å². The number of carbonyl (C=O) groups is 1. The van der Waals surface area contributed by atoms with Crippen LogP contribution in [0.2, 0.25) is 5.02 Å². The third-order valence-corrected chi connectivity index (χ3v) is 2.85. The topological polar surface area (TPSA) is 59.7 Å². The Hall–Kier alpha value is -1.94. The lowest BCUT2D eigenvalue weighted by molar-refractivity contribution is -0.140. The van der Waals surface area contributed by atoms with Crippen molar-refractivity contribution < 1.29 is 19.1 Å². The molecule has 1 unspecified atom stereocenters. The number of hydrogen-bond donors (Lipinski definition) is 1. The molecule has 0 radical (unpaired) electrons. The molecule has 0 spiro atoms. The molecule has 1 N–H and O–H groups in total. The van der Waals surface area contributed by atoms with E-state index in [0.717, 1.165) is 0 Å². The van der Waals surface area contributed by atoms with Crippen LogP contribution in [0.15, 0.2) is 40.8 Å². The summed E-state index contributed by atoms with van der Waals surface area (Å²) < 4.78 is 10.8. The van der Waals surface area contributed by atoms with Crippen molar-refractivity contribution in [3.8, 4) is 5.75 Å². The zero-order chi connectivity index (χ0) is 13.8. The minimum atomic E-state index is -0.989. The van der Waals surface area contributed by atoms with E-state index < -0.39 is 11.9 Å². The Labute approximate surface area is 115 Å². The number of halogens is 1. The molecule has 100 valence electrons. The summed E-state index contributed by atoms with van der Waals surface area (Å²) in [6.45, 7) is 1.75. The van der Waals surface area contributed by atoms with Gasteiger partial charge >= 0.3 is 5.97 Å². The van der Waals surface area contributed by atoms with E-state index in [9.17, 15) is 9.90 Å². The zero-order valence-corrected chi connectivity index (χ0v) is 11.1. The summed E-state index contributed by atoms with van der Waals surface area (Å²) >= 11 is 5.83. The smallest absolute Gasteiger partial charge is 0.317 e. The third kappa shape index (κ3) is 3.51. The Balaban J connectivity index is 2.08. The predicted octanol–water partition coefficient (Wildman–Crippen LogP) is 3.49. The fraction of sp³-hybridized carbons (Fsp3) is 0.214. The first-order valence-corrected chi connectivity index (χ1v) is 6.11. The van der Waals surface area contributed by atoms with Crippen molar-refractivity contribution in [2.75, 3.05) is 6.61 Å². The maximum absolute atomic E-state index is 11.2. The molecule has 19 heavy (non-hydrogen) atoms. The predicted molar refractivity (Wildman–Crippen MR) is 70.8 cm³/mol. The van der Waals surface area contributed by atoms with Crippen LogP contribution in [0, 0.1) is 6.92 Å². The first-order valence-electron chi connectivity index (χ1n) is 5.74. The van der Waals surface area contributed by atoms with Crippen molar-refractivity contribution in [2.24, 2.45) is 0 Å². The molecule has 1 aromatic carbocycles. The Morgan fingerprint density at radius 3 is 2.79 bits per heavy atom. The molecule has 0 amide bonds. The van der Waals surface area contributed by atoms with Gasteiger partial charge in [0, 0.05) is 5.02 Å². The maximum atomic E-state index is 11.2. The Bertz CT molecular complexity index is 576. The van der Waals surface area contributed by atoms with Gasteiger partial charge in [0.2, 0.25) is 0 Å². The van der Waals surface area contributed by atoms with Crippen LogP contribution in [0.25, 0.3) is 0 Å². The first kappa shape index (κ1) is 13.5. The first-order chi connectivity index (χ1) is 9.06. The van der Waals surface area contributed by atoms with Crippen molar-refractivity contribution in [1.82, 2.24) is 0 Å². The molecular formula is C14H13ClO4. The molecule has 4 nitrogen and oxygen atoms in total. The fourth-order valence-electron chi connectivity index (χ4n) is 1.65. The average Bonchev–Trinajstić information content (AvgIpc) is 2.76. The number of carboxylic acids is 1. The highest BCUT2D eigenvalue weighted by molar-refractivity contribution is 6.30. The number of rotatable bonds is 5. The second-order valence-electron chi connectivity index (χ2n) is 4.11. The van der Waals surface area contributed by atoms with Crippen LogP contribution in [0.5, 0.6) is 5.75 Å². The molecule has 0 saturated heterocycles. The number of ether oxygens (including phenoxy) is 1. The third-order valence-electron chi connectivity index (χ3n) is 2.62. The SMILES string of the molecule is Cc1ccc(C(COc2cccc(Cl)c2)C(=O)O)o1. The molecule has 1 heterocycles. The Kier molecular flexibility index (Phi) is 4.12. The van der Waals surface area contributed by atoms with E-state index >= 15 is 0 Å². The van der Waals surface area contributed by atoms with E-state index in [1.54, 1.807) is 43.3 Å². The fourth-order valence-corrected chi connectivity index (χ4v) is 1.83. The van der Waals surface area contributed by atoms with E-state index in [4.69, 9.17) is 20.8 Å². The van der Waals surface area contributed by atoms with E-state index in [1.165, 1.54) is 0 Å². The number of benzene rings is 1. The van der Waals surface area contributed by atoms with Crippen molar-refractivity contribution in [3.05, 3.63) is 52.9 Å². The van der Waals surface area contributed by atoms with Crippen LogP contribution >= 0.6 is 11.6 Å². The highest BCUT2D eigenvalue weighted by Gasteiger charge is 2.24. The van der Waals surface area contributed by atoms with Crippen LogP contribution in [0.4, 0.5) is 0 Å². The molecule has 1 aromatic heterocycles. The quantitative estimate of drug-likeness (QED) is 0.911. The number of carboxylic acid groups (broad SMARTS) is 1. The van der Waals surface area contributed by atoms with Crippen LogP contribution in [0.1, 0.15) is 17.4 Å². The van der Waals surface area contributed by atoms with E-state index in [2.05, 4.69) is 0 Å². The van der Waals surface area contributed by atoms with Crippen LogP contribution in [-0.2, 0) is 4.79 Å². The highest BCUT2D eigenvalue weighted by Crippen LogP contribution is 2.22. The van der Waals surface area contributed by atoms with Gasteiger partial charge in [0.05, 0.1) is 0 Å². The lowest BCUT2D eigenvalue weighted by atomic mass is 10.1. The number of furan rings is 1. The van der Waals surface area contributed by atoms with Crippen LogP contribution in [-0.4, -0.2) is 17.7 Å². The summed E-state index contributed by atoms with van der Waals surface area (Å²) in [7, 11) is 0. The van der Waals surface area contributed by atoms with Gasteiger partial charge in [-0.2, -0.15) is 0 Å². The summed E-state index contributed by atoms with van der Waals surface area (Å²) in [5, 5.41) is 9.74. The van der Waals surface area contributed by atoms with Crippen LogP contribution in [0.3, 0.4) is 0 Å². The summed E-state index contributed by atoms with van der Waals surface area (Å²) in [5.74, 6) is -0.248. The zero-order valence-electron chi connectivity index (χ0n) is 10.3. The lowest BCUT2D eigenvalue weighted by Crippen LogP contribution is -2.19. The largest absolute Gasteiger partial charge is 0.492 e. The minimum absolute atomic E-state index is 0.0113. The van der Waals surface area contributed by atoms with Crippen LogP contribution < -0.4 is 4.74 Å². The molecule has 2 rings (SSSR count). The van der Waals surface area contributed by atoms with E-state index in [0.29, 0.717) is 22.3 Å². The molecular weight excluding hydrogens is 268 g/mol. The molecule has 0 fully saturated rings. The molecule has 0 aliphatic carbocycles. The lowest BCUT2D eigenvalue weighted by Gasteiger charge is -2.11. The summed E-state index contributed by atoms with van der Waals surface area (Å²) in [5.41, 5.74) is 0. The van der Waals surface area contributed by atoms with Gasteiger partial charge in [-0.15, -0.1) is 0 Å². The summed E-state index contributed by atoms with van der Waals surface area (Å²) in [4.78, 5) is 11.2. The maximum Gasteiger partial charge on any atom is 0.317 e. The van der Waals surface area contributed by atoms with Crippen molar-refractivity contribution >= 4 is 17.6 Å². The number of hydrogen-bond acceptors (Lipinski definition) is 3.